The summed E-state index contributed by atoms with van der Waals surface area (Å²) in [5.41, 5.74) is 1.35. The molecular formula is C23H29N3O5S. The van der Waals surface area contributed by atoms with E-state index < -0.39 is 11.3 Å². The molecule has 32 heavy (non-hydrogen) atoms. The van der Waals surface area contributed by atoms with E-state index in [1.54, 1.807) is 27.2 Å². The molecule has 8 nitrogen and oxygen atoms in total. The Bertz CT molecular complexity index is 971. The zero-order valence-electron chi connectivity index (χ0n) is 18.9. The predicted molar refractivity (Wildman–Crippen MR) is 124 cm³/mol. The third kappa shape index (κ3) is 4.22. The average Bonchev–Trinajstić information content (AvgIpc) is 3.14. The topological polar surface area (TPSA) is 89.8 Å². The molecule has 1 saturated carbocycles. The molecule has 0 radical (unpaired) electrons. The minimum atomic E-state index is -0.479. The Morgan fingerprint density at radius 2 is 1.81 bits per heavy atom. The summed E-state index contributed by atoms with van der Waals surface area (Å²) < 4.78 is 15.8. The fourth-order valence-electron chi connectivity index (χ4n) is 4.60. The number of hydrogen-bond acceptors (Lipinski definition) is 8. The van der Waals surface area contributed by atoms with E-state index in [2.05, 4.69) is 4.99 Å². The van der Waals surface area contributed by atoms with Crippen LogP contribution in [-0.4, -0.2) is 60.4 Å². The van der Waals surface area contributed by atoms with E-state index in [-0.39, 0.29) is 11.9 Å². The third-order valence-electron chi connectivity index (χ3n) is 6.30. The molecule has 0 spiro atoms. The van der Waals surface area contributed by atoms with Crippen molar-refractivity contribution in [3.8, 4) is 11.5 Å². The van der Waals surface area contributed by atoms with E-state index in [1.165, 1.54) is 38.1 Å². The number of methoxy groups -OCH3 is 3. The Morgan fingerprint density at radius 3 is 2.47 bits per heavy atom. The van der Waals surface area contributed by atoms with Crippen LogP contribution < -0.4 is 9.47 Å². The quantitative estimate of drug-likeness (QED) is 0.596. The standard InChI is InChI=1S/C23H29N3O5S/c1-13(22(28)31-4)32-23-24-16-12-19(30-3)18(29-2)11-15(16)20-25-21(27)17(26(20)23)10-14-8-6-5-7-9-14/h11-14,17H,5-10H2,1-4H3/t13-,17-/m1/s1. The molecule has 9 heteroatoms. The Hall–Kier alpha value is -2.55. The van der Waals surface area contributed by atoms with E-state index in [9.17, 15) is 9.59 Å². The van der Waals surface area contributed by atoms with Crippen LogP contribution in [0.1, 0.15) is 51.0 Å². The van der Waals surface area contributed by atoms with Gasteiger partial charge in [-0.15, -0.1) is 0 Å². The van der Waals surface area contributed by atoms with Crippen molar-refractivity contribution in [2.75, 3.05) is 21.3 Å². The van der Waals surface area contributed by atoms with Crippen LogP contribution in [0.15, 0.2) is 22.1 Å². The summed E-state index contributed by atoms with van der Waals surface area (Å²) in [4.78, 5) is 36.4. The highest BCUT2D eigenvalue weighted by molar-refractivity contribution is 8.14. The van der Waals surface area contributed by atoms with Gasteiger partial charge < -0.3 is 14.2 Å². The van der Waals surface area contributed by atoms with Crippen LogP contribution in [0.2, 0.25) is 0 Å². The molecule has 0 N–H and O–H groups in total. The van der Waals surface area contributed by atoms with E-state index >= 15 is 0 Å². The van der Waals surface area contributed by atoms with Crippen molar-refractivity contribution in [3.63, 3.8) is 0 Å². The second-order valence-corrected chi connectivity index (χ2v) is 9.61. The number of thioether (sulfide) groups is 1. The van der Waals surface area contributed by atoms with Gasteiger partial charge >= 0.3 is 5.97 Å². The Kier molecular flexibility index (Phi) is 6.74. The van der Waals surface area contributed by atoms with Gasteiger partial charge in [0.15, 0.2) is 16.7 Å². The van der Waals surface area contributed by atoms with Gasteiger partial charge in [-0.2, -0.15) is 4.99 Å². The number of amides is 1. The maximum Gasteiger partial charge on any atom is 0.318 e. The normalized spacial score (nSPS) is 21.3. The number of fused-ring (bicyclic) bond motifs is 3. The smallest absolute Gasteiger partial charge is 0.318 e. The summed E-state index contributed by atoms with van der Waals surface area (Å²) in [6, 6.07) is 3.17. The van der Waals surface area contributed by atoms with Crippen LogP contribution in [0.4, 0.5) is 5.69 Å². The molecule has 1 amide bonds. The van der Waals surface area contributed by atoms with E-state index in [0.29, 0.717) is 34.1 Å². The Labute approximate surface area is 192 Å². The van der Waals surface area contributed by atoms with Gasteiger partial charge in [0.2, 0.25) is 0 Å². The van der Waals surface area contributed by atoms with Crippen LogP contribution in [0, 0.1) is 5.92 Å². The summed E-state index contributed by atoms with van der Waals surface area (Å²) in [5, 5.41) is 0.0979. The first kappa shape index (κ1) is 22.6. The fraction of sp³-hybridized carbons (Fsp3) is 0.565. The first-order valence-electron chi connectivity index (χ1n) is 11.0. The van der Waals surface area contributed by atoms with Crippen LogP contribution in [0.25, 0.3) is 0 Å². The van der Waals surface area contributed by atoms with Crippen molar-refractivity contribution < 1.29 is 23.8 Å². The number of aliphatic imine (C=N–C) groups is 2. The number of rotatable bonds is 6. The molecule has 1 aromatic carbocycles. The molecule has 1 aliphatic carbocycles. The number of ether oxygens (including phenoxy) is 3. The van der Waals surface area contributed by atoms with Crippen LogP contribution in [0.3, 0.4) is 0 Å². The lowest BCUT2D eigenvalue weighted by Crippen LogP contribution is -2.45. The zero-order chi connectivity index (χ0) is 22.8. The molecule has 3 aliphatic rings. The van der Waals surface area contributed by atoms with Gasteiger partial charge in [-0.05, 0) is 25.3 Å². The summed E-state index contributed by atoms with van der Waals surface area (Å²) >= 11 is 1.28. The Balaban J connectivity index is 1.74. The van der Waals surface area contributed by atoms with Gasteiger partial charge in [0.05, 0.1) is 27.0 Å². The zero-order valence-corrected chi connectivity index (χ0v) is 19.7. The van der Waals surface area contributed by atoms with E-state index in [0.717, 1.165) is 24.8 Å². The first-order valence-corrected chi connectivity index (χ1v) is 11.9. The maximum atomic E-state index is 13.1. The summed E-state index contributed by atoms with van der Waals surface area (Å²) in [5.74, 6) is 1.63. The molecule has 2 heterocycles. The lowest BCUT2D eigenvalue weighted by Gasteiger charge is -2.34. The third-order valence-corrected chi connectivity index (χ3v) is 7.35. The molecule has 0 aromatic heterocycles. The van der Waals surface area contributed by atoms with E-state index in [4.69, 9.17) is 19.2 Å². The molecule has 0 saturated heterocycles. The number of esters is 1. The predicted octanol–water partition coefficient (Wildman–Crippen LogP) is 3.93. The highest BCUT2D eigenvalue weighted by Gasteiger charge is 2.44. The number of carbonyl (C=O) groups excluding carboxylic acids is 2. The van der Waals surface area contributed by atoms with Crippen LogP contribution in [0.5, 0.6) is 11.5 Å². The second kappa shape index (κ2) is 9.52. The number of nitrogens with zero attached hydrogens (tertiary/aromatic N) is 3. The summed E-state index contributed by atoms with van der Waals surface area (Å²) in [6.45, 7) is 1.77. The first-order chi connectivity index (χ1) is 15.5. The summed E-state index contributed by atoms with van der Waals surface area (Å²) in [6.07, 6.45) is 6.66. The molecule has 172 valence electrons. The van der Waals surface area contributed by atoms with Crippen molar-refractivity contribution in [2.24, 2.45) is 15.9 Å². The average molecular weight is 460 g/mol. The minimum Gasteiger partial charge on any atom is -0.493 e. The molecule has 0 bridgehead atoms. The maximum absolute atomic E-state index is 13.1. The monoisotopic (exact) mass is 459 g/mol. The van der Waals surface area contributed by atoms with Gasteiger partial charge in [0.1, 0.15) is 17.1 Å². The van der Waals surface area contributed by atoms with Crippen molar-refractivity contribution in [1.29, 1.82) is 0 Å². The molecule has 1 aromatic rings. The minimum absolute atomic E-state index is 0.160. The van der Waals surface area contributed by atoms with Crippen LogP contribution >= 0.6 is 11.8 Å². The van der Waals surface area contributed by atoms with E-state index in [1.807, 2.05) is 11.0 Å². The van der Waals surface area contributed by atoms with Gasteiger partial charge in [-0.25, -0.2) is 4.99 Å². The molecule has 0 unspecified atom stereocenters. The van der Waals surface area contributed by atoms with Crippen molar-refractivity contribution in [3.05, 3.63) is 17.7 Å². The largest absolute Gasteiger partial charge is 0.493 e. The number of amidine groups is 2. The van der Waals surface area contributed by atoms with Crippen molar-refractivity contribution >= 4 is 40.3 Å². The lowest BCUT2D eigenvalue weighted by molar-refractivity contribution is -0.139. The van der Waals surface area contributed by atoms with Gasteiger partial charge in [-0.3, -0.25) is 14.5 Å². The molecule has 4 rings (SSSR count). The van der Waals surface area contributed by atoms with Gasteiger partial charge in [-0.1, -0.05) is 43.9 Å². The highest BCUT2D eigenvalue weighted by Crippen LogP contribution is 2.42. The summed E-state index contributed by atoms with van der Waals surface area (Å²) in [7, 11) is 4.50. The number of hydrogen-bond donors (Lipinski definition) is 0. The molecule has 1 fully saturated rings. The fourth-order valence-corrected chi connectivity index (χ4v) is 5.59. The SMILES string of the molecule is COC(=O)[C@@H](C)SC1=Nc2cc(OC)c(OC)cc2C2=NC(=O)[C@@H](CC3CCCCC3)N12. The second-order valence-electron chi connectivity index (χ2n) is 8.30. The molecular weight excluding hydrogens is 430 g/mol. The Morgan fingerprint density at radius 1 is 1.12 bits per heavy atom. The number of carbonyl (C=O) groups is 2. The highest BCUT2D eigenvalue weighted by atomic mass is 32.2. The van der Waals surface area contributed by atoms with Crippen molar-refractivity contribution in [1.82, 2.24) is 4.90 Å². The lowest BCUT2D eigenvalue weighted by atomic mass is 9.84. The van der Waals surface area contributed by atoms with Crippen LogP contribution in [-0.2, 0) is 14.3 Å². The van der Waals surface area contributed by atoms with Gasteiger partial charge in [0, 0.05) is 11.6 Å². The molecule has 2 aliphatic heterocycles. The number of benzene rings is 1. The van der Waals surface area contributed by atoms with Gasteiger partial charge in [0.25, 0.3) is 5.91 Å². The molecule has 2 atom stereocenters. The van der Waals surface area contributed by atoms with Crippen molar-refractivity contribution in [2.45, 2.75) is 56.7 Å².